The molecule has 22 heavy (non-hydrogen) atoms. The van der Waals surface area contributed by atoms with Gasteiger partial charge in [-0.25, -0.2) is 17.8 Å². The van der Waals surface area contributed by atoms with Gasteiger partial charge in [0.2, 0.25) is 10.0 Å². The molecule has 1 aromatic heterocycles. The molecule has 0 aliphatic heterocycles. The minimum Gasteiger partial charge on any atom is -0.250 e. The van der Waals surface area contributed by atoms with Crippen molar-refractivity contribution in [1.82, 2.24) is 9.29 Å². The Morgan fingerprint density at radius 2 is 2.00 bits per heavy atom. The first-order valence-corrected chi connectivity index (χ1v) is 9.66. The highest BCUT2D eigenvalue weighted by molar-refractivity contribution is 7.88. The Morgan fingerprint density at radius 3 is 2.59 bits per heavy atom. The summed E-state index contributed by atoms with van der Waals surface area (Å²) in [7, 11) is -3.39. The lowest BCUT2D eigenvalue weighted by atomic mass is 10.2. The average Bonchev–Trinajstić information content (AvgIpc) is 3.16. The lowest BCUT2D eigenvalue weighted by Crippen LogP contribution is -2.35. The summed E-state index contributed by atoms with van der Waals surface area (Å²) < 4.78 is 39.8. The van der Waals surface area contributed by atoms with E-state index in [0.717, 1.165) is 17.8 Å². The second kappa shape index (κ2) is 6.44. The van der Waals surface area contributed by atoms with Gasteiger partial charge in [0, 0.05) is 30.6 Å². The van der Waals surface area contributed by atoms with E-state index < -0.39 is 10.0 Å². The summed E-state index contributed by atoms with van der Waals surface area (Å²) in [5, 5.41) is 2.84. The molecule has 2 aromatic rings. The number of hydrogen-bond acceptors (Lipinski definition) is 4. The normalized spacial score (nSPS) is 15.4. The molecule has 4 nitrogen and oxygen atoms in total. The molecule has 1 heterocycles. The molecule has 1 aliphatic carbocycles. The molecule has 1 fully saturated rings. The van der Waals surface area contributed by atoms with Crippen LogP contribution >= 0.6 is 11.3 Å². The van der Waals surface area contributed by atoms with E-state index in [1.807, 2.05) is 5.38 Å². The SMILES string of the molecule is O=S(=O)(Cc1ccc(F)cc1)N(CCc1nccs1)C1CC1. The van der Waals surface area contributed by atoms with Crippen LogP contribution in [0.5, 0.6) is 0 Å². The van der Waals surface area contributed by atoms with Gasteiger partial charge in [-0.3, -0.25) is 0 Å². The summed E-state index contributed by atoms with van der Waals surface area (Å²) in [4.78, 5) is 4.20. The van der Waals surface area contributed by atoms with Gasteiger partial charge in [-0.15, -0.1) is 11.3 Å². The van der Waals surface area contributed by atoms with Crippen molar-refractivity contribution in [1.29, 1.82) is 0 Å². The van der Waals surface area contributed by atoms with Gasteiger partial charge in [-0.1, -0.05) is 12.1 Å². The fourth-order valence-corrected chi connectivity index (χ4v) is 4.79. The lowest BCUT2D eigenvalue weighted by Gasteiger charge is -2.21. The number of benzene rings is 1. The molecular weight excluding hydrogens is 323 g/mol. The quantitative estimate of drug-likeness (QED) is 0.779. The van der Waals surface area contributed by atoms with Gasteiger partial charge in [0.05, 0.1) is 10.8 Å². The molecule has 0 bridgehead atoms. The predicted molar refractivity (Wildman–Crippen MR) is 84.6 cm³/mol. The Bertz CT molecular complexity index is 711. The molecule has 0 atom stereocenters. The van der Waals surface area contributed by atoms with Crippen LogP contribution in [0, 0.1) is 5.82 Å². The highest BCUT2D eigenvalue weighted by Crippen LogP contribution is 2.30. The third-order valence-electron chi connectivity index (χ3n) is 3.60. The minimum atomic E-state index is -3.39. The van der Waals surface area contributed by atoms with E-state index in [1.165, 1.54) is 35.6 Å². The Balaban J connectivity index is 1.70. The van der Waals surface area contributed by atoms with Gasteiger partial charge in [0.15, 0.2) is 0 Å². The van der Waals surface area contributed by atoms with Gasteiger partial charge in [0.1, 0.15) is 5.82 Å². The molecular formula is C15H17FN2O2S2. The van der Waals surface area contributed by atoms with Crippen LogP contribution in [0.2, 0.25) is 0 Å². The van der Waals surface area contributed by atoms with Crippen LogP contribution in [0.1, 0.15) is 23.4 Å². The monoisotopic (exact) mass is 340 g/mol. The Kier molecular flexibility index (Phi) is 4.56. The fourth-order valence-electron chi connectivity index (χ4n) is 2.37. The largest absolute Gasteiger partial charge is 0.250 e. The standard InChI is InChI=1S/C15H17FN2O2S2/c16-13-3-1-12(2-4-13)11-22(19,20)18(14-5-6-14)9-7-15-17-8-10-21-15/h1-4,8,10,14H,5-7,9,11H2. The van der Waals surface area contributed by atoms with Gasteiger partial charge in [-0.05, 0) is 30.5 Å². The Labute approximate surface area is 133 Å². The number of nitrogens with zero attached hydrogens (tertiary/aromatic N) is 2. The summed E-state index contributed by atoms with van der Waals surface area (Å²) in [5.74, 6) is -0.439. The number of rotatable bonds is 7. The Morgan fingerprint density at radius 1 is 1.27 bits per heavy atom. The number of thiazole rings is 1. The van der Waals surface area contributed by atoms with E-state index in [0.29, 0.717) is 18.5 Å². The van der Waals surface area contributed by atoms with Crippen molar-refractivity contribution in [2.24, 2.45) is 0 Å². The maximum atomic E-state index is 12.9. The molecule has 118 valence electrons. The molecule has 3 rings (SSSR count). The zero-order valence-electron chi connectivity index (χ0n) is 12.0. The van der Waals surface area contributed by atoms with Crippen molar-refractivity contribution in [2.75, 3.05) is 6.54 Å². The first kappa shape index (κ1) is 15.6. The topological polar surface area (TPSA) is 50.3 Å². The van der Waals surface area contributed by atoms with Gasteiger partial charge in [0.25, 0.3) is 0 Å². The molecule has 1 saturated carbocycles. The number of sulfonamides is 1. The minimum absolute atomic E-state index is 0.0817. The highest BCUT2D eigenvalue weighted by atomic mass is 32.2. The Hall–Kier alpha value is -1.31. The second-order valence-electron chi connectivity index (χ2n) is 5.40. The summed E-state index contributed by atoms with van der Waals surface area (Å²) in [6.45, 7) is 0.460. The average molecular weight is 340 g/mol. The van der Waals surface area contributed by atoms with Crippen LogP contribution in [0.3, 0.4) is 0 Å². The third kappa shape index (κ3) is 3.91. The predicted octanol–water partition coefficient (Wildman–Crippen LogP) is 2.82. The third-order valence-corrected chi connectivity index (χ3v) is 6.34. The van der Waals surface area contributed by atoms with E-state index in [9.17, 15) is 12.8 Å². The van der Waals surface area contributed by atoms with E-state index in [2.05, 4.69) is 4.98 Å². The fraction of sp³-hybridized carbons (Fsp3) is 0.400. The van der Waals surface area contributed by atoms with Crippen molar-refractivity contribution in [2.45, 2.75) is 31.1 Å². The smallest absolute Gasteiger partial charge is 0.218 e. The zero-order chi connectivity index (χ0) is 15.6. The summed E-state index contributed by atoms with van der Waals surface area (Å²) >= 11 is 1.54. The van der Waals surface area contributed by atoms with Crippen LogP contribution in [0.15, 0.2) is 35.8 Å². The molecule has 0 saturated heterocycles. The number of halogens is 1. The molecule has 1 aliphatic rings. The summed E-state index contributed by atoms with van der Waals surface area (Å²) in [5.41, 5.74) is 0.612. The maximum Gasteiger partial charge on any atom is 0.218 e. The molecule has 0 N–H and O–H groups in total. The van der Waals surface area contributed by atoms with Crippen LogP contribution in [0.4, 0.5) is 4.39 Å². The summed E-state index contributed by atoms with van der Waals surface area (Å²) in [6.07, 6.45) is 4.20. The van der Waals surface area contributed by atoms with Gasteiger partial charge >= 0.3 is 0 Å². The van der Waals surface area contributed by atoms with Crippen molar-refractivity contribution >= 4 is 21.4 Å². The van der Waals surface area contributed by atoms with Crippen LogP contribution in [0.25, 0.3) is 0 Å². The zero-order valence-corrected chi connectivity index (χ0v) is 13.6. The highest BCUT2D eigenvalue weighted by Gasteiger charge is 2.36. The van der Waals surface area contributed by atoms with Crippen molar-refractivity contribution in [3.63, 3.8) is 0 Å². The first-order chi connectivity index (χ1) is 10.5. The van der Waals surface area contributed by atoms with E-state index in [4.69, 9.17) is 0 Å². The maximum absolute atomic E-state index is 12.9. The first-order valence-electron chi connectivity index (χ1n) is 7.17. The molecule has 0 radical (unpaired) electrons. The van der Waals surface area contributed by atoms with Crippen molar-refractivity contribution < 1.29 is 12.8 Å². The molecule has 1 aromatic carbocycles. The van der Waals surface area contributed by atoms with E-state index in [-0.39, 0.29) is 17.6 Å². The molecule has 0 spiro atoms. The van der Waals surface area contributed by atoms with Crippen molar-refractivity contribution in [3.05, 3.63) is 52.2 Å². The second-order valence-corrected chi connectivity index (χ2v) is 8.30. The molecule has 0 amide bonds. The van der Waals surface area contributed by atoms with E-state index >= 15 is 0 Å². The number of aromatic nitrogens is 1. The van der Waals surface area contributed by atoms with Gasteiger partial charge < -0.3 is 0 Å². The number of hydrogen-bond donors (Lipinski definition) is 0. The van der Waals surface area contributed by atoms with Crippen LogP contribution in [-0.2, 0) is 22.2 Å². The van der Waals surface area contributed by atoms with Crippen LogP contribution in [-0.4, -0.2) is 30.3 Å². The molecule has 0 unspecified atom stereocenters. The van der Waals surface area contributed by atoms with Gasteiger partial charge in [-0.2, -0.15) is 4.31 Å². The van der Waals surface area contributed by atoms with E-state index in [1.54, 1.807) is 10.5 Å². The lowest BCUT2D eigenvalue weighted by molar-refractivity contribution is 0.406. The van der Waals surface area contributed by atoms with Crippen molar-refractivity contribution in [3.8, 4) is 0 Å². The molecule has 7 heteroatoms. The van der Waals surface area contributed by atoms with Crippen LogP contribution < -0.4 is 0 Å². The summed E-state index contributed by atoms with van der Waals surface area (Å²) in [6, 6.07) is 5.76.